The molecule has 0 saturated heterocycles. The number of fused-ring (bicyclic) bond motifs is 12. The first-order chi connectivity index (χ1) is 28.8. The molecule has 0 fully saturated rings. The van der Waals surface area contributed by atoms with Crippen molar-refractivity contribution in [2.24, 2.45) is 0 Å². The second-order valence-corrected chi connectivity index (χ2v) is 15.5. The Morgan fingerprint density at radius 1 is 0.276 bits per heavy atom. The molecule has 0 aliphatic heterocycles. The molecule has 1 heteroatoms. The number of hydrogen-bond acceptors (Lipinski definition) is 1. The van der Waals surface area contributed by atoms with Crippen molar-refractivity contribution in [1.29, 1.82) is 0 Å². The molecule has 58 heavy (non-hydrogen) atoms. The van der Waals surface area contributed by atoms with E-state index in [1.807, 2.05) is 0 Å². The number of benzene rings is 10. The Bertz CT molecular complexity index is 3160. The maximum absolute atomic E-state index is 2.53. The van der Waals surface area contributed by atoms with Gasteiger partial charge in [-0.2, -0.15) is 0 Å². The van der Waals surface area contributed by atoms with Gasteiger partial charge in [0.2, 0.25) is 0 Å². The molecule has 1 spiro atoms. The summed E-state index contributed by atoms with van der Waals surface area (Å²) < 4.78 is 0. The first kappa shape index (κ1) is 32.7. The van der Waals surface area contributed by atoms with E-state index >= 15 is 0 Å². The van der Waals surface area contributed by atoms with Gasteiger partial charge in [-0.15, -0.1) is 0 Å². The minimum absolute atomic E-state index is 0.488. The summed E-state index contributed by atoms with van der Waals surface area (Å²) in [6.07, 6.45) is 0. The molecule has 0 atom stereocenters. The van der Waals surface area contributed by atoms with Crippen LogP contribution in [-0.4, -0.2) is 0 Å². The van der Waals surface area contributed by atoms with E-state index in [0.29, 0.717) is 0 Å². The van der Waals surface area contributed by atoms with Crippen molar-refractivity contribution in [2.75, 3.05) is 4.90 Å². The van der Waals surface area contributed by atoms with Crippen LogP contribution < -0.4 is 4.90 Å². The molecule has 1 nitrogen and oxygen atoms in total. The van der Waals surface area contributed by atoms with Crippen LogP contribution in [0.4, 0.5) is 17.1 Å². The smallest absolute Gasteiger partial charge is 0.0746 e. The van der Waals surface area contributed by atoms with E-state index < -0.39 is 5.41 Å². The quantitative estimate of drug-likeness (QED) is 0.170. The molecule has 10 aromatic carbocycles. The maximum atomic E-state index is 2.53. The normalized spacial score (nSPS) is 13.0. The van der Waals surface area contributed by atoms with Gasteiger partial charge in [-0.25, -0.2) is 0 Å². The number of hydrogen-bond donors (Lipinski definition) is 0. The van der Waals surface area contributed by atoms with Crippen LogP contribution in [0.1, 0.15) is 22.3 Å². The van der Waals surface area contributed by atoms with Crippen molar-refractivity contribution in [1.82, 2.24) is 0 Å². The lowest BCUT2D eigenvalue weighted by molar-refractivity contribution is 0.793. The van der Waals surface area contributed by atoms with Crippen molar-refractivity contribution in [3.63, 3.8) is 0 Å². The summed E-state index contributed by atoms with van der Waals surface area (Å²) in [5.74, 6) is 0. The van der Waals surface area contributed by atoms with Gasteiger partial charge in [0.05, 0.1) is 16.8 Å². The van der Waals surface area contributed by atoms with Crippen molar-refractivity contribution >= 4 is 38.6 Å². The van der Waals surface area contributed by atoms with E-state index in [0.717, 1.165) is 11.4 Å². The highest BCUT2D eigenvalue weighted by Crippen LogP contribution is 2.65. The van der Waals surface area contributed by atoms with E-state index in [4.69, 9.17) is 0 Å². The minimum atomic E-state index is -0.488. The maximum Gasteiger partial charge on any atom is 0.0746 e. The zero-order chi connectivity index (χ0) is 38.2. The van der Waals surface area contributed by atoms with Gasteiger partial charge in [0.1, 0.15) is 0 Å². The molecule has 10 aromatic rings. The lowest BCUT2D eigenvalue weighted by Crippen LogP contribution is -2.28. The number of anilines is 3. The van der Waals surface area contributed by atoms with E-state index in [2.05, 4.69) is 229 Å². The Morgan fingerprint density at radius 3 is 1.36 bits per heavy atom. The highest BCUT2D eigenvalue weighted by Gasteiger charge is 2.53. The van der Waals surface area contributed by atoms with Crippen molar-refractivity contribution in [3.05, 3.63) is 247 Å². The molecule has 270 valence electrons. The van der Waals surface area contributed by atoms with Crippen LogP contribution in [0.5, 0.6) is 0 Å². The van der Waals surface area contributed by atoms with Crippen LogP contribution in [0, 0.1) is 0 Å². The highest BCUT2D eigenvalue weighted by atomic mass is 15.1. The summed E-state index contributed by atoms with van der Waals surface area (Å²) in [4.78, 5) is 2.53. The van der Waals surface area contributed by atoms with Gasteiger partial charge < -0.3 is 4.90 Å². The van der Waals surface area contributed by atoms with Crippen LogP contribution in [0.25, 0.3) is 66.1 Å². The zero-order valence-electron chi connectivity index (χ0n) is 31.8. The Hall–Kier alpha value is -7.48. The molecule has 0 heterocycles. The molecule has 0 radical (unpaired) electrons. The fourth-order valence-electron chi connectivity index (χ4n) is 10.3. The molecular weight excluding hydrogens is 699 g/mol. The summed E-state index contributed by atoms with van der Waals surface area (Å²) in [6.45, 7) is 0. The monoisotopic (exact) mass is 735 g/mol. The Morgan fingerprint density at radius 2 is 0.724 bits per heavy atom. The molecular formula is C57H37N. The second-order valence-electron chi connectivity index (χ2n) is 15.5. The topological polar surface area (TPSA) is 3.24 Å². The van der Waals surface area contributed by atoms with Crippen LogP contribution in [0.2, 0.25) is 0 Å². The molecule has 0 bridgehead atoms. The van der Waals surface area contributed by atoms with Crippen LogP contribution in [-0.2, 0) is 5.41 Å². The van der Waals surface area contributed by atoms with Gasteiger partial charge in [-0.05, 0) is 102 Å². The van der Waals surface area contributed by atoms with Crippen molar-refractivity contribution in [2.45, 2.75) is 5.41 Å². The average Bonchev–Trinajstić information content (AvgIpc) is 3.77. The van der Waals surface area contributed by atoms with Gasteiger partial charge in [0.15, 0.2) is 0 Å². The molecule has 0 aromatic heterocycles. The summed E-state index contributed by atoms with van der Waals surface area (Å²) in [5.41, 5.74) is 18.4. The summed E-state index contributed by atoms with van der Waals surface area (Å²) in [7, 11) is 0. The van der Waals surface area contributed by atoms with Crippen LogP contribution in [0.15, 0.2) is 224 Å². The fourth-order valence-corrected chi connectivity index (χ4v) is 10.3. The molecule has 0 amide bonds. The summed E-state index contributed by atoms with van der Waals surface area (Å²) in [5, 5.41) is 4.94. The van der Waals surface area contributed by atoms with Gasteiger partial charge in [0.25, 0.3) is 0 Å². The molecule has 0 saturated carbocycles. The molecule has 12 rings (SSSR count). The van der Waals surface area contributed by atoms with Crippen molar-refractivity contribution < 1.29 is 0 Å². The van der Waals surface area contributed by atoms with Gasteiger partial charge in [-0.1, -0.05) is 200 Å². The predicted molar refractivity (Wildman–Crippen MR) is 243 cm³/mol. The second kappa shape index (κ2) is 12.8. The lowest BCUT2D eigenvalue weighted by Gasteiger charge is -2.36. The molecule has 0 N–H and O–H groups in total. The number of rotatable bonds is 5. The first-order valence-electron chi connectivity index (χ1n) is 20.2. The van der Waals surface area contributed by atoms with Gasteiger partial charge in [0, 0.05) is 16.6 Å². The Balaban J connectivity index is 1.11. The van der Waals surface area contributed by atoms with Crippen LogP contribution in [0.3, 0.4) is 0 Å². The average molecular weight is 736 g/mol. The fraction of sp³-hybridized carbons (Fsp3) is 0.0175. The van der Waals surface area contributed by atoms with E-state index in [9.17, 15) is 0 Å². The largest absolute Gasteiger partial charge is 0.310 e. The standard InChI is InChI=1S/C57H37N/c1-2-16-38(17-3-1)42-36-37-43(46-22-7-6-21-45(42)46)40-32-34-41(35-33-40)58(54-30-14-19-39-18-4-5-20-44(39)54)55-31-15-26-50-49-25-10-13-29-53(49)57(56(50)55)51-27-11-8-23-47(51)48-24-9-12-28-52(48)57/h1-37H. The van der Waals surface area contributed by atoms with E-state index in [1.165, 1.54) is 94.0 Å². The third kappa shape index (κ3) is 4.59. The summed E-state index contributed by atoms with van der Waals surface area (Å²) >= 11 is 0. The van der Waals surface area contributed by atoms with E-state index in [-0.39, 0.29) is 0 Å². The molecule has 2 aliphatic carbocycles. The summed E-state index contributed by atoms with van der Waals surface area (Å²) in [6, 6.07) is 83.0. The number of nitrogens with zero attached hydrogens (tertiary/aromatic N) is 1. The Labute approximate surface area is 338 Å². The predicted octanol–water partition coefficient (Wildman–Crippen LogP) is 15.1. The minimum Gasteiger partial charge on any atom is -0.310 e. The zero-order valence-corrected chi connectivity index (χ0v) is 31.8. The SMILES string of the molecule is c1ccc(-c2ccc(-c3ccc(N(c4cccc5c4C4(c6ccccc6-c6ccccc64)c4ccccc4-5)c4cccc5ccccc45)cc3)c3ccccc23)cc1. The Kier molecular flexibility index (Phi) is 7.21. The third-order valence-corrected chi connectivity index (χ3v) is 12.7. The van der Waals surface area contributed by atoms with E-state index in [1.54, 1.807) is 0 Å². The molecule has 2 aliphatic rings. The lowest BCUT2D eigenvalue weighted by atomic mass is 9.70. The highest BCUT2D eigenvalue weighted by molar-refractivity contribution is 6.06. The van der Waals surface area contributed by atoms with Gasteiger partial charge >= 0.3 is 0 Å². The van der Waals surface area contributed by atoms with Crippen LogP contribution >= 0.6 is 0 Å². The third-order valence-electron chi connectivity index (χ3n) is 12.7. The van der Waals surface area contributed by atoms with Gasteiger partial charge in [-0.3, -0.25) is 0 Å². The van der Waals surface area contributed by atoms with Crippen molar-refractivity contribution in [3.8, 4) is 44.5 Å². The first-order valence-corrected chi connectivity index (χ1v) is 20.2. The molecule has 0 unspecified atom stereocenters.